The number of nitrogens with zero attached hydrogens (tertiary/aromatic N) is 2. The molecule has 0 atom stereocenters. The number of aromatic amines is 1. The molecule has 0 radical (unpaired) electrons. The highest BCUT2D eigenvalue weighted by molar-refractivity contribution is 6.00. The van der Waals surface area contributed by atoms with Gasteiger partial charge < -0.3 is 14.6 Å². The van der Waals surface area contributed by atoms with Gasteiger partial charge in [-0.2, -0.15) is 0 Å². The van der Waals surface area contributed by atoms with Crippen LogP contribution < -0.4 is 0 Å². The molecular weight excluding hydrogens is 294 g/mol. The zero-order chi connectivity index (χ0) is 17.0. The molecule has 2 heterocycles. The zero-order valence-corrected chi connectivity index (χ0v) is 13.8. The van der Waals surface area contributed by atoms with Crippen LogP contribution in [0.2, 0.25) is 0 Å². The van der Waals surface area contributed by atoms with E-state index in [0.29, 0.717) is 35.7 Å². The Morgan fingerprint density at radius 3 is 2.52 bits per heavy atom. The van der Waals surface area contributed by atoms with E-state index >= 15 is 0 Å². The molecule has 2 aromatic rings. The molecular formula is C17H21N3O3. The van der Waals surface area contributed by atoms with Crippen LogP contribution in [0.1, 0.15) is 44.6 Å². The second kappa shape index (κ2) is 7.09. The van der Waals surface area contributed by atoms with Gasteiger partial charge in [0, 0.05) is 31.7 Å². The highest BCUT2D eigenvalue weighted by Gasteiger charge is 2.24. The summed E-state index contributed by atoms with van der Waals surface area (Å²) in [5.41, 5.74) is 3.10. The third-order valence-electron chi connectivity index (χ3n) is 3.65. The first kappa shape index (κ1) is 16.7. The number of rotatable bonds is 5. The Labute approximate surface area is 135 Å². The van der Waals surface area contributed by atoms with Gasteiger partial charge in [-0.3, -0.25) is 9.78 Å². The number of hydrogen-bond donors (Lipinski definition) is 1. The Hall–Kier alpha value is -2.63. The molecule has 0 aliphatic rings. The number of aromatic nitrogens is 2. The van der Waals surface area contributed by atoms with Crippen LogP contribution in [0.3, 0.4) is 0 Å². The summed E-state index contributed by atoms with van der Waals surface area (Å²) < 4.78 is 5.05. The van der Waals surface area contributed by atoms with Gasteiger partial charge in [-0.15, -0.1) is 0 Å². The minimum absolute atomic E-state index is 0.169. The lowest BCUT2D eigenvalue weighted by atomic mass is 10.1. The Balaban J connectivity index is 2.22. The highest BCUT2D eigenvalue weighted by Crippen LogP contribution is 2.20. The van der Waals surface area contributed by atoms with Crippen LogP contribution in [-0.4, -0.2) is 40.4 Å². The monoisotopic (exact) mass is 315 g/mol. The molecule has 0 saturated heterocycles. The largest absolute Gasteiger partial charge is 0.462 e. The van der Waals surface area contributed by atoms with E-state index in [1.807, 2.05) is 12.1 Å². The number of pyridine rings is 1. The number of aryl methyl sites for hydroxylation is 1. The zero-order valence-electron chi connectivity index (χ0n) is 13.8. The Morgan fingerprint density at radius 2 is 1.91 bits per heavy atom. The van der Waals surface area contributed by atoms with Crippen molar-refractivity contribution in [1.29, 1.82) is 0 Å². The van der Waals surface area contributed by atoms with Crippen molar-refractivity contribution in [2.75, 3.05) is 13.7 Å². The molecule has 0 aromatic carbocycles. The van der Waals surface area contributed by atoms with Gasteiger partial charge in [-0.25, -0.2) is 4.79 Å². The van der Waals surface area contributed by atoms with E-state index in [9.17, 15) is 9.59 Å². The van der Waals surface area contributed by atoms with Gasteiger partial charge >= 0.3 is 5.97 Å². The maximum absolute atomic E-state index is 12.6. The number of nitrogens with one attached hydrogen (secondary N) is 1. The molecule has 2 aromatic heterocycles. The fourth-order valence-electron chi connectivity index (χ4n) is 2.50. The Morgan fingerprint density at radius 1 is 1.26 bits per heavy atom. The predicted octanol–water partition coefficient (Wildman–Crippen LogP) is 2.48. The summed E-state index contributed by atoms with van der Waals surface area (Å²) in [4.78, 5) is 33.2. The second-order valence-corrected chi connectivity index (χ2v) is 5.36. The van der Waals surface area contributed by atoms with Crippen LogP contribution in [0.15, 0.2) is 24.5 Å². The van der Waals surface area contributed by atoms with Gasteiger partial charge in [0.25, 0.3) is 5.91 Å². The molecule has 0 bridgehead atoms. The number of carbonyl (C=O) groups is 2. The predicted molar refractivity (Wildman–Crippen MR) is 86.3 cm³/mol. The Kier molecular flexibility index (Phi) is 5.16. The summed E-state index contributed by atoms with van der Waals surface area (Å²) in [5.74, 6) is -0.576. The van der Waals surface area contributed by atoms with Gasteiger partial charge in [0.05, 0.1) is 12.2 Å². The van der Waals surface area contributed by atoms with Gasteiger partial charge in [0.1, 0.15) is 5.69 Å². The molecule has 0 fully saturated rings. The summed E-state index contributed by atoms with van der Waals surface area (Å²) in [6, 6.07) is 3.72. The minimum Gasteiger partial charge on any atom is -0.462 e. The van der Waals surface area contributed by atoms with Gasteiger partial charge in [0.2, 0.25) is 0 Å². The van der Waals surface area contributed by atoms with E-state index in [2.05, 4.69) is 9.97 Å². The quantitative estimate of drug-likeness (QED) is 0.860. The lowest BCUT2D eigenvalue weighted by Gasteiger charge is -2.17. The lowest BCUT2D eigenvalue weighted by Crippen LogP contribution is -2.27. The summed E-state index contributed by atoms with van der Waals surface area (Å²) in [5, 5.41) is 0. The van der Waals surface area contributed by atoms with Gasteiger partial charge in [0.15, 0.2) is 0 Å². The molecule has 0 aliphatic carbocycles. The third kappa shape index (κ3) is 3.59. The Bertz CT molecular complexity index is 707. The van der Waals surface area contributed by atoms with Crippen LogP contribution in [-0.2, 0) is 11.3 Å². The van der Waals surface area contributed by atoms with Crippen LogP contribution in [0, 0.1) is 13.8 Å². The van der Waals surface area contributed by atoms with Crippen molar-refractivity contribution in [3.05, 3.63) is 52.6 Å². The van der Waals surface area contributed by atoms with Gasteiger partial charge in [-0.1, -0.05) is 0 Å². The van der Waals surface area contributed by atoms with E-state index < -0.39 is 5.97 Å². The van der Waals surface area contributed by atoms with E-state index in [1.54, 1.807) is 45.1 Å². The summed E-state index contributed by atoms with van der Waals surface area (Å²) >= 11 is 0. The van der Waals surface area contributed by atoms with E-state index in [1.165, 1.54) is 0 Å². The molecule has 1 amide bonds. The molecule has 2 rings (SSSR count). The normalized spacial score (nSPS) is 10.4. The average molecular weight is 315 g/mol. The van der Waals surface area contributed by atoms with Crippen molar-refractivity contribution < 1.29 is 14.3 Å². The van der Waals surface area contributed by atoms with Gasteiger partial charge in [-0.05, 0) is 44.0 Å². The lowest BCUT2D eigenvalue weighted by molar-refractivity contribution is 0.0525. The van der Waals surface area contributed by atoms with Crippen molar-refractivity contribution >= 4 is 11.9 Å². The maximum atomic E-state index is 12.6. The van der Waals surface area contributed by atoms with Crippen molar-refractivity contribution in [2.24, 2.45) is 0 Å². The fourth-order valence-corrected chi connectivity index (χ4v) is 2.50. The average Bonchev–Trinajstić information content (AvgIpc) is 2.82. The molecule has 0 spiro atoms. The summed E-state index contributed by atoms with van der Waals surface area (Å²) in [6.45, 7) is 6.04. The number of hydrogen-bond acceptors (Lipinski definition) is 4. The van der Waals surface area contributed by atoms with E-state index in [-0.39, 0.29) is 5.91 Å². The number of H-pyrrole nitrogens is 1. The van der Waals surface area contributed by atoms with Crippen molar-refractivity contribution in [2.45, 2.75) is 27.3 Å². The SMILES string of the molecule is CCOC(=O)c1c(C)[nH]c(C(=O)N(C)Cc2ccncc2)c1C. The number of esters is 1. The number of ether oxygens (including phenoxy) is 1. The summed E-state index contributed by atoms with van der Waals surface area (Å²) in [7, 11) is 1.72. The minimum atomic E-state index is -0.408. The van der Waals surface area contributed by atoms with Crippen LogP contribution in [0.4, 0.5) is 0 Å². The molecule has 0 unspecified atom stereocenters. The molecule has 23 heavy (non-hydrogen) atoms. The molecule has 6 heteroatoms. The standard InChI is InChI=1S/C17H21N3O3/c1-5-23-17(22)14-11(2)15(19-12(14)3)16(21)20(4)10-13-6-8-18-9-7-13/h6-9,19H,5,10H2,1-4H3. The molecule has 6 nitrogen and oxygen atoms in total. The maximum Gasteiger partial charge on any atom is 0.340 e. The van der Waals surface area contributed by atoms with Crippen molar-refractivity contribution in [1.82, 2.24) is 14.9 Å². The van der Waals surface area contributed by atoms with Crippen LogP contribution in [0.25, 0.3) is 0 Å². The number of carbonyl (C=O) groups excluding carboxylic acids is 2. The van der Waals surface area contributed by atoms with E-state index in [0.717, 1.165) is 5.56 Å². The second-order valence-electron chi connectivity index (χ2n) is 5.36. The highest BCUT2D eigenvalue weighted by atomic mass is 16.5. The molecule has 1 N–H and O–H groups in total. The summed E-state index contributed by atoms with van der Waals surface area (Å²) in [6.07, 6.45) is 3.38. The first-order valence-electron chi connectivity index (χ1n) is 7.46. The van der Waals surface area contributed by atoms with Crippen molar-refractivity contribution in [3.8, 4) is 0 Å². The first-order chi connectivity index (χ1) is 11.0. The molecule has 0 saturated carbocycles. The smallest absolute Gasteiger partial charge is 0.340 e. The van der Waals surface area contributed by atoms with Crippen molar-refractivity contribution in [3.63, 3.8) is 0 Å². The molecule has 122 valence electrons. The topological polar surface area (TPSA) is 75.3 Å². The third-order valence-corrected chi connectivity index (χ3v) is 3.65. The number of amides is 1. The molecule has 0 aliphatic heterocycles. The van der Waals surface area contributed by atoms with Crippen LogP contribution >= 0.6 is 0 Å². The van der Waals surface area contributed by atoms with Crippen LogP contribution in [0.5, 0.6) is 0 Å². The fraction of sp³-hybridized carbons (Fsp3) is 0.353. The first-order valence-corrected chi connectivity index (χ1v) is 7.46. The van der Waals surface area contributed by atoms with E-state index in [4.69, 9.17) is 4.74 Å².